The van der Waals surface area contributed by atoms with Crippen LogP contribution >= 0.6 is 0 Å². The van der Waals surface area contributed by atoms with Crippen molar-refractivity contribution < 1.29 is 22.9 Å². The number of rotatable bonds is 5. The summed E-state index contributed by atoms with van der Waals surface area (Å²) in [5.74, 6) is 0.124. The van der Waals surface area contributed by atoms with E-state index in [1.165, 1.54) is 30.4 Å². The predicted molar refractivity (Wildman–Crippen MR) is 108 cm³/mol. The molecule has 0 bridgehead atoms. The molecule has 0 aromatic heterocycles. The molecule has 0 saturated heterocycles. The van der Waals surface area contributed by atoms with E-state index < -0.39 is 10.1 Å². The highest BCUT2D eigenvalue weighted by atomic mass is 32.2. The molecule has 0 atom stereocenters. The molecule has 0 radical (unpaired) electrons. The van der Waals surface area contributed by atoms with Gasteiger partial charge < -0.3 is 9.66 Å². The summed E-state index contributed by atoms with van der Waals surface area (Å²) >= 11 is 0. The van der Waals surface area contributed by atoms with Crippen molar-refractivity contribution in [3.63, 3.8) is 0 Å². The van der Waals surface area contributed by atoms with Gasteiger partial charge in [-0.2, -0.15) is 0 Å². The van der Waals surface area contributed by atoms with Crippen molar-refractivity contribution in [2.24, 2.45) is 0 Å². The van der Waals surface area contributed by atoms with Gasteiger partial charge in [0.15, 0.2) is 0 Å². The fourth-order valence-electron chi connectivity index (χ4n) is 3.01. The highest BCUT2D eigenvalue weighted by Gasteiger charge is 2.19. The molecule has 0 spiro atoms. The first kappa shape index (κ1) is 19.5. The van der Waals surface area contributed by atoms with E-state index in [9.17, 15) is 22.9 Å². The number of aromatic hydroxyl groups is 1. The van der Waals surface area contributed by atoms with Crippen LogP contribution in [0.25, 0.3) is 5.57 Å². The summed E-state index contributed by atoms with van der Waals surface area (Å²) in [6, 6.07) is 10.9. The van der Waals surface area contributed by atoms with E-state index in [1.807, 2.05) is 0 Å². The molecule has 2 N–H and O–H groups in total. The molecule has 28 heavy (non-hydrogen) atoms. The van der Waals surface area contributed by atoms with Gasteiger partial charge in [-0.15, -0.1) is 6.58 Å². The minimum atomic E-state index is -4.76. The minimum absolute atomic E-state index is 0.0619. The van der Waals surface area contributed by atoms with Crippen LogP contribution < -0.4 is 0 Å². The fourth-order valence-corrected chi connectivity index (χ4v) is 3.74. The first-order chi connectivity index (χ1) is 13.3. The van der Waals surface area contributed by atoms with Gasteiger partial charge in [0, 0.05) is 17.7 Å². The fraction of sp³-hybridized carbons (Fsp3) is 0.0455. The van der Waals surface area contributed by atoms with E-state index in [0.29, 0.717) is 28.7 Å². The summed E-state index contributed by atoms with van der Waals surface area (Å²) in [5.41, 5.74) is 2.64. The molecule has 142 valence electrons. The van der Waals surface area contributed by atoms with Crippen LogP contribution in [0.1, 0.15) is 16.7 Å². The third kappa shape index (κ3) is 4.19. The molecule has 1 aliphatic rings. The van der Waals surface area contributed by atoms with E-state index in [2.05, 4.69) is 6.58 Å². The number of carbonyl (C=O) groups excluding carboxylic acids is 1. The Morgan fingerprint density at radius 3 is 2.29 bits per heavy atom. The van der Waals surface area contributed by atoms with Crippen LogP contribution in [-0.4, -0.2) is 28.7 Å². The summed E-state index contributed by atoms with van der Waals surface area (Å²) in [6.45, 7) is 3.64. The van der Waals surface area contributed by atoms with Gasteiger partial charge in [0.1, 0.15) is 15.9 Å². The van der Waals surface area contributed by atoms with Crippen molar-refractivity contribution in [1.82, 2.24) is 0 Å². The molecule has 6 heteroatoms. The molecule has 0 amide bonds. The summed E-state index contributed by atoms with van der Waals surface area (Å²) < 4.78 is 36.0. The maximum absolute atomic E-state index is 12.0. The lowest BCUT2D eigenvalue weighted by molar-refractivity contribution is 0.462. The van der Waals surface area contributed by atoms with Crippen LogP contribution in [0.15, 0.2) is 89.9 Å². The third-order valence-corrected chi connectivity index (χ3v) is 5.15. The first-order valence-electron chi connectivity index (χ1n) is 8.45. The van der Waals surface area contributed by atoms with Crippen molar-refractivity contribution in [3.8, 4) is 5.75 Å². The SMILES string of the molecule is C=CCc1ccc(C(=C2C=CC(=[OH+])C=C2)c2ccc(O)cc2)c(S(=O)(=O)[O-])c1. The first-order valence-corrected chi connectivity index (χ1v) is 9.86. The second-order valence-electron chi connectivity index (χ2n) is 6.25. The van der Waals surface area contributed by atoms with Gasteiger partial charge in [-0.25, -0.2) is 8.42 Å². The third-order valence-electron chi connectivity index (χ3n) is 4.28. The highest BCUT2D eigenvalue weighted by molar-refractivity contribution is 7.85. The molecule has 0 aliphatic heterocycles. The molecule has 0 fully saturated rings. The molecule has 1 aliphatic carbocycles. The Hall–Kier alpha value is -3.22. The molecular formula is C22H18O5S. The van der Waals surface area contributed by atoms with Crippen molar-refractivity contribution in [2.75, 3.05) is 0 Å². The summed E-state index contributed by atoms with van der Waals surface area (Å²) in [6.07, 6.45) is 8.28. The zero-order chi connectivity index (χ0) is 20.3. The Morgan fingerprint density at radius 1 is 1.07 bits per heavy atom. The van der Waals surface area contributed by atoms with Crippen molar-refractivity contribution in [1.29, 1.82) is 0 Å². The molecule has 0 unspecified atom stereocenters. The standard InChI is InChI=1S/C22H18O5S/c1-2-3-15-4-13-20(21(14-15)28(25,26)27)22(16-5-9-18(23)10-6-16)17-7-11-19(24)12-8-17/h2,4-14,23H,1,3H2,(H,25,26,27). The Balaban J connectivity index is 2.33. The van der Waals surface area contributed by atoms with Crippen LogP contribution in [0.5, 0.6) is 5.75 Å². The lowest BCUT2D eigenvalue weighted by Gasteiger charge is -2.19. The van der Waals surface area contributed by atoms with Gasteiger partial charge in [0.05, 0.1) is 4.90 Å². The second kappa shape index (κ2) is 7.80. The molecule has 2 aromatic carbocycles. The van der Waals surface area contributed by atoms with Gasteiger partial charge in [-0.1, -0.05) is 30.3 Å². The van der Waals surface area contributed by atoms with Crippen LogP contribution in [0.3, 0.4) is 0 Å². The Bertz CT molecular complexity index is 1120. The Morgan fingerprint density at radius 2 is 1.71 bits per heavy atom. The predicted octanol–water partition coefficient (Wildman–Crippen LogP) is 3.50. The van der Waals surface area contributed by atoms with Gasteiger partial charge >= 0.3 is 5.78 Å². The van der Waals surface area contributed by atoms with Crippen molar-refractivity contribution in [3.05, 3.63) is 102 Å². The zero-order valence-corrected chi connectivity index (χ0v) is 15.7. The van der Waals surface area contributed by atoms with E-state index >= 15 is 0 Å². The van der Waals surface area contributed by atoms with Crippen LogP contribution in [0.4, 0.5) is 0 Å². The maximum Gasteiger partial charge on any atom is 0.340 e. The molecular weight excluding hydrogens is 376 g/mol. The van der Waals surface area contributed by atoms with E-state index in [0.717, 1.165) is 0 Å². The number of phenols is 1. The largest absolute Gasteiger partial charge is 0.744 e. The monoisotopic (exact) mass is 394 g/mol. The smallest absolute Gasteiger partial charge is 0.340 e. The lowest BCUT2D eigenvalue weighted by atomic mass is 9.90. The molecule has 3 rings (SSSR count). The summed E-state index contributed by atoms with van der Waals surface area (Å²) in [7, 11) is -4.76. The quantitative estimate of drug-likeness (QED) is 0.477. The van der Waals surface area contributed by atoms with Gasteiger partial charge in [-0.05, 0) is 59.0 Å². The van der Waals surface area contributed by atoms with E-state index in [4.69, 9.17) is 0 Å². The van der Waals surface area contributed by atoms with Crippen molar-refractivity contribution in [2.45, 2.75) is 11.3 Å². The number of hydrogen-bond donors (Lipinski definition) is 1. The van der Waals surface area contributed by atoms with Crippen molar-refractivity contribution >= 4 is 21.5 Å². The Labute approximate surface area is 163 Å². The molecule has 2 aromatic rings. The topological polar surface area (TPSA) is 98.8 Å². The van der Waals surface area contributed by atoms with Crippen LogP contribution in [-0.2, 0) is 16.5 Å². The second-order valence-corrected chi connectivity index (χ2v) is 7.59. The van der Waals surface area contributed by atoms with Gasteiger partial charge in [-0.3, -0.25) is 4.79 Å². The minimum Gasteiger partial charge on any atom is -0.744 e. The Kier molecular flexibility index (Phi) is 5.44. The highest BCUT2D eigenvalue weighted by Crippen LogP contribution is 2.34. The van der Waals surface area contributed by atoms with Crippen LogP contribution in [0.2, 0.25) is 0 Å². The van der Waals surface area contributed by atoms with E-state index in [-0.39, 0.29) is 22.0 Å². The number of phenolic OH excluding ortho intramolecular Hbond substituents is 1. The number of hydrogen-bond acceptors (Lipinski definition) is 4. The molecule has 5 nitrogen and oxygen atoms in total. The maximum atomic E-state index is 12.0. The molecule has 0 heterocycles. The zero-order valence-electron chi connectivity index (χ0n) is 14.9. The van der Waals surface area contributed by atoms with E-state index in [1.54, 1.807) is 42.5 Å². The number of allylic oxidation sites excluding steroid dienone is 6. The average molecular weight is 394 g/mol. The summed E-state index contributed by atoms with van der Waals surface area (Å²) in [5, 5.41) is 9.60. The van der Waals surface area contributed by atoms with Gasteiger partial charge in [0.2, 0.25) is 0 Å². The van der Waals surface area contributed by atoms with Crippen LogP contribution in [0, 0.1) is 0 Å². The average Bonchev–Trinajstić information content (AvgIpc) is 2.65. The molecule has 0 saturated carbocycles. The van der Waals surface area contributed by atoms with Gasteiger partial charge in [0.25, 0.3) is 0 Å². The summed E-state index contributed by atoms with van der Waals surface area (Å²) in [4.78, 5) is 9.27. The normalized spacial score (nSPS) is 13.6. The number of benzene rings is 2. The number of ketones is 1. The lowest BCUT2D eigenvalue weighted by Crippen LogP contribution is -2.07.